The number of anilines is 2. The molecule has 1 saturated heterocycles. The summed E-state index contributed by atoms with van der Waals surface area (Å²) in [7, 11) is 1.96. The van der Waals surface area contributed by atoms with Crippen LogP contribution in [0.2, 0.25) is 0 Å². The number of ether oxygens (including phenoxy) is 1. The van der Waals surface area contributed by atoms with Gasteiger partial charge in [0.15, 0.2) is 5.13 Å². The van der Waals surface area contributed by atoms with Gasteiger partial charge < -0.3 is 20.7 Å². The number of hydrogen-bond acceptors (Lipinski definition) is 6. The van der Waals surface area contributed by atoms with Crippen molar-refractivity contribution in [3.63, 3.8) is 0 Å². The Hall–Kier alpha value is -1.34. The van der Waals surface area contributed by atoms with E-state index >= 15 is 0 Å². The summed E-state index contributed by atoms with van der Waals surface area (Å²) in [6.07, 6.45) is 4.42. The molecule has 1 aromatic heterocycles. The van der Waals surface area contributed by atoms with Gasteiger partial charge in [0.25, 0.3) is 5.91 Å². The van der Waals surface area contributed by atoms with Crippen LogP contribution in [0.5, 0.6) is 0 Å². The van der Waals surface area contributed by atoms with Gasteiger partial charge in [-0.2, -0.15) is 0 Å². The number of nitrogens with zero attached hydrogens (tertiary/aromatic N) is 2. The summed E-state index contributed by atoms with van der Waals surface area (Å²) < 4.78 is 5.60. The fraction of sp³-hybridized carbons (Fsp3) is 0.714. The summed E-state index contributed by atoms with van der Waals surface area (Å²) in [4.78, 5) is 19.0. The van der Waals surface area contributed by atoms with Crippen LogP contribution in [0.1, 0.15) is 42.3 Å². The normalized spacial score (nSPS) is 18.5. The number of amides is 1. The average Bonchev–Trinajstić information content (AvgIpc) is 2.88. The molecule has 6 nitrogen and oxygen atoms in total. The first-order valence-electron chi connectivity index (χ1n) is 7.49. The molecule has 0 saturated carbocycles. The van der Waals surface area contributed by atoms with Crippen molar-refractivity contribution in [2.24, 2.45) is 0 Å². The van der Waals surface area contributed by atoms with E-state index < -0.39 is 0 Å². The van der Waals surface area contributed by atoms with E-state index in [4.69, 9.17) is 10.5 Å². The minimum atomic E-state index is -0.157. The van der Waals surface area contributed by atoms with Crippen molar-refractivity contribution in [2.45, 2.75) is 38.7 Å². The summed E-state index contributed by atoms with van der Waals surface area (Å²) in [5, 5.41) is 3.69. The lowest BCUT2D eigenvalue weighted by atomic mass is 10.1. The molecule has 1 fully saturated rings. The Bertz CT molecular complexity index is 472. The molecule has 1 unspecified atom stereocenters. The van der Waals surface area contributed by atoms with E-state index in [1.807, 2.05) is 11.9 Å². The molecule has 0 radical (unpaired) electrons. The third-order valence-corrected chi connectivity index (χ3v) is 4.68. The first kappa shape index (κ1) is 16.0. The first-order valence-corrected chi connectivity index (χ1v) is 8.30. The van der Waals surface area contributed by atoms with Crippen molar-refractivity contribution in [1.29, 1.82) is 0 Å². The highest BCUT2D eigenvalue weighted by Gasteiger charge is 2.20. The zero-order chi connectivity index (χ0) is 15.2. The molecule has 3 N–H and O–H groups in total. The van der Waals surface area contributed by atoms with Gasteiger partial charge in [-0.1, -0.05) is 18.3 Å². The van der Waals surface area contributed by atoms with Crippen LogP contribution in [0.4, 0.5) is 10.9 Å². The first-order chi connectivity index (χ1) is 10.1. The average molecular weight is 312 g/mol. The van der Waals surface area contributed by atoms with Gasteiger partial charge in [-0.25, -0.2) is 4.98 Å². The molecule has 1 aromatic rings. The second-order valence-corrected chi connectivity index (χ2v) is 6.31. The third kappa shape index (κ3) is 4.31. The monoisotopic (exact) mass is 312 g/mol. The van der Waals surface area contributed by atoms with Gasteiger partial charge >= 0.3 is 0 Å². The van der Waals surface area contributed by atoms with Gasteiger partial charge in [-0.05, 0) is 25.7 Å². The Labute approximate surface area is 129 Å². The molecular weight excluding hydrogens is 288 g/mol. The topological polar surface area (TPSA) is 80.5 Å². The van der Waals surface area contributed by atoms with Crippen LogP contribution in [-0.2, 0) is 4.74 Å². The molecule has 118 valence electrons. The molecule has 0 aromatic carbocycles. The molecular formula is C14H24N4O2S. The van der Waals surface area contributed by atoms with Crippen molar-refractivity contribution < 1.29 is 9.53 Å². The Kier molecular flexibility index (Phi) is 5.81. The molecule has 7 heteroatoms. The van der Waals surface area contributed by atoms with Crippen LogP contribution < -0.4 is 16.0 Å². The minimum Gasteiger partial charge on any atom is -0.382 e. The van der Waals surface area contributed by atoms with Crippen LogP contribution >= 0.6 is 11.3 Å². The SMILES string of the molecule is CCCN(C)c1nc(N)c(C(=O)NCC2CCCCO2)s1. The lowest BCUT2D eigenvalue weighted by Crippen LogP contribution is -2.35. The zero-order valence-electron chi connectivity index (χ0n) is 12.7. The second-order valence-electron chi connectivity index (χ2n) is 5.33. The zero-order valence-corrected chi connectivity index (χ0v) is 13.5. The van der Waals surface area contributed by atoms with Crippen molar-refractivity contribution in [3.05, 3.63) is 4.88 Å². The molecule has 1 aliphatic heterocycles. The highest BCUT2D eigenvalue weighted by molar-refractivity contribution is 7.18. The molecule has 0 spiro atoms. The van der Waals surface area contributed by atoms with Crippen molar-refractivity contribution >= 4 is 28.2 Å². The van der Waals surface area contributed by atoms with Gasteiger partial charge in [0, 0.05) is 26.7 Å². The molecule has 2 rings (SSSR count). The Balaban J connectivity index is 1.92. The van der Waals surface area contributed by atoms with Gasteiger partial charge in [-0.15, -0.1) is 0 Å². The molecule has 1 amide bonds. The van der Waals surface area contributed by atoms with Crippen LogP contribution in [-0.4, -0.2) is 43.7 Å². The van der Waals surface area contributed by atoms with Crippen LogP contribution in [0.15, 0.2) is 0 Å². The number of hydrogen-bond donors (Lipinski definition) is 2. The fourth-order valence-corrected chi connectivity index (χ4v) is 3.22. The number of carbonyl (C=O) groups excluding carboxylic acids is 1. The number of nitrogen functional groups attached to an aromatic ring is 1. The van der Waals surface area contributed by atoms with Crippen LogP contribution in [0.3, 0.4) is 0 Å². The van der Waals surface area contributed by atoms with Gasteiger partial charge in [0.2, 0.25) is 0 Å². The second kappa shape index (κ2) is 7.61. The maximum atomic E-state index is 12.2. The van der Waals surface area contributed by atoms with Gasteiger partial charge in [0.05, 0.1) is 6.10 Å². The number of nitrogens with two attached hydrogens (primary N) is 1. The van der Waals surface area contributed by atoms with E-state index in [0.29, 0.717) is 17.2 Å². The van der Waals surface area contributed by atoms with E-state index in [9.17, 15) is 4.79 Å². The molecule has 2 heterocycles. The number of carbonyl (C=O) groups is 1. The lowest BCUT2D eigenvalue weighted by Gasteiger charge is -2.22. The highest BCUT2D eigenvalue weighted by atomic mass is 32.1. The highest BCUT2D eigenvalue weighted by Crippen LogP contribution is 2.27. The summed E-state index contributed by atoms with van der Waals surface area (Å²) in [6.45, 7) is 4.32. The quantitative estimate of drug-likeness (QED) is 0.838. The number of nitrogens with one attached hydrogen (secondary N) is 1. The van der Waals surface area contributed by atoms with E-state index in [2.05, 4.69) is 17.2 Å². The Morgan fingerprint density at radius 1 is 1.57 bits per heavy atom. The summed E-state index contributed by atoms with van der Waals surface area (Å²) >= 11 is 1.34. The molecule has 0 aliphatic carbocycles. The number of aromatic nitrogens is 1. The molecule has 1 aliphatic rings. The largest absolute Gasteiger partial charge is 0.382 e. The third-order valence-electron chi connectivity index (χ3n) is 3.50. The molecule has 0 bridgehead atoms. The van der Waals surface area contributed by atoms with E-state index in [1.165, 1.54) is 11.3 Å². The Morgan fingerprint density at radius 2 is 2.38 bits per heavy atom. The van der Waals surface area contributed by atoms with Crippen LogP contribution in [0.25, 0.3) is 0 Å². The van der Waals surface area contributed by atoms with E-state index in [1.54, 1.807) is 0 Å². The Morgan fingerprint density at radius 3 is 3.05 bits per heavy atom. The number of rotatable bonds is 6. The number of thiazole rings is 1. The van der Waals surface area contributed by atoms with Gasteiger partial charge in [-0.3, -0.25) is 4.79 Å². The lowest BCUT2D eigenvalue weighted by molar-refractivity contribution is 0.0169. The molecule has 1 atom stereocenters. The van der Waals surface area contributed by atoms with Crippen molar-refractivity contribution in [3.8, 4) is 0 Å². The van der Waals surface area contributed by atoms with Crippen LogP contribution in [0, 0.1) is 0 Å². The van der Waals surface area contributed by atoms with E-state index in [-0.39, 0.29) is 12.0 Å². The maximum Gasteiger partial charge on any atom is 0.265 e. The minimum absolute atomic E-state index is 0.124. The van der Waals surface area contributed by atoms with E-state index in [0.717, 1.165) is 44.0 Å². The van der Waals surface area contributed by atoms with Crippen molar-refractivity contribution in [2.75, 3.05) is 37.4 Å². The predicted molar refractivity (Wildman–Crippen MR) is 86.0 cm³/mol. The van der Waals surface area contributed by atoms with Crippen molar-refractivity contribution in [1.82, 2.24) is 10.3 Å². The fourth-order valence-electron chi connectivity index (χ4n) is 2.33. The smallest absolute Gasteiger partial charge is 0.265 e. The summed E-state index contributed by atoms with van der Waals surface area (Å²) in [5.41, 5.74) is 5.87. The van der Waals surface area contributed by atoms with Gasteiger partial charge in [0.1, 0.15) is 10.7 Å². The maximum absolute atomic E-state index is 12.2. The summed E-state index contributed by atoms with van der Waals surface area (Å²) in [6, 6.07) is 0. The summed E-state index contributed by atoms with van der Waals surface area (Å²) in [5.74, 6) is 0.148. The standard InChI is InChI=1S/C14H24N4O2S/c1-3-7-18(2)14-17-12(15)11(21-14)13(19)16-9-10-6-4-5-8-20-10/h10H,3-9,15H2,1-2H3,(H,16,19). The predicted octanol–water partition coefficient (Wildman–Crippen LogP) is 1.87. The molecule has 21 heavy (non-hydrogen) atoms.